The number of halogens is 1. The van der Waals surface area contributed by atoms with Gasteiger partial charge in [-0.2, -0.15) is 4.98 Å². The van der Waals surface area contributed by atoms with Gasteiger partial charge in [0, 0.05) is 12.0 Å². The highest BCUT2D eigenvalue weighted by Crippen LogP contribution is 2.31. The molecule has 2 aromatic rings. The minimum atomic E-state index is 0.466. The molecule has 20 heavy (non-hydrogen) atoms. The largest absolute Gasteiger partial charge is 0.439 e. The second kappa shape index (κ2) is 5.41. The molecule has 0 amide bonds. The summed E-state index contributed by atoms with van der Waals surface area (Å²) in [5.74, 6) is 2.09. The number of nitrogens with zero attached hydrogens (tertiary/aromatic N) is 2. The molecule has 3 rings (SSSR count). The molecule has 104 valence electrons. The Morgan fingerprint density at radius 2 is 2.00 bits per heavy atom. The van der Waals surface area contributed by atoms with Gasteiger partial charge in [0.2, 0.25) is 5.88 Å². The summed E-state index contributed by atoms with van der Waals surface area (Å²) in [6.07, 6.45) is 4.28. The molecule has 1 heterocycles. The standard InChI is InChI=1S/C16H17ClN2O/c1-3-14-18-15(17)10(2)16(19-14)20-13-8-7-11-5-4-6-12(11)9-13/h7-9H,3-6H2,1-2H3. The van der Waals surface area contributed by atoms with E-state index in [4.69, 9.17) is 16.3 Å². The highest BCUT2D eigenvalue weighted by molar-refractivity contribution is 6.30. The third kappa shape index (κ3) is 2.50. The van der Waals surface area contributed by atoms with E-state index < -0.39 is 0 Å². The predicted octanol–water partition coefficient (Wildman–Crippen LogP) is 4.28. The van der Waals surface area contributed by atoms with E-state index in [0.717, 1.165) is 24.2 Å². The van der Waals surface area contributed by atoms with E-state index in [0.29, 0.717) is 16.9 Å². The predicted molar refractivity (Wildman–Crippen MR) is 79.7 cm³/mol. The molecule has 0 N–H and O–H groups in total. The summed E-state index contributed by atoms with van der Waals surface area (Å²) in [6.45, 7) is 3.88. The molecule has 1 aliphatic rings. The number of fused-ring (bicyclic) bond motifs is 1. The van der Waals surface area contributed by atoms with Crippen molar-refractivity contribution in [2.45, 2.75) is 39.5 Å². The molecule has 0 radical (unpaired) electrons. The summed E-state index contributed by atoms with van der Waals surface area (Å²) in [6, 6.07) is 6.27. The normalized spacial score (nSPS) is 13.3. The van der Waals surface area contributed by atoms with Gasteiger partial charge in [-0.15, -0.1) is 0 Å². The molecule has 0 saturated heterocycles. The van der Waals surface area contributed by atoms with E-state index in [1.54, 1.807) is 0 Å². The number of hydrogen-bond acceptors (Lipinski definition) is 3. The molecule has 0 fully saturated rings. The lowest BCUT2D eigenvalue weighted by molar-refractivity contribution is 0.454. The summed E-state index contributed by atoms with van der Waals surface area (Å²) >= 11 is 6.13. The highest BCUT2D eigenvalue weighted by Gasteiger charge is 2.14. The van der Waals surface area contributed by atoms with Crippen LogP contribution in [0, 0.1) is 6.92 Å². The van der Waals surface area contributed by atoms with Crippen LogP contribution in [0.25, 0.3) is 0 Å². The van der Waals surface area contributed by atoms with Crippen molar-refractivity contribution in [3.05, 3.63) is 45.9 Å². The molecule has 1 aliphatic carbocycles. The van der Waals surface area contributed by atoms with Crippen LogP contribution in [-0.2, 0) is 19.3 Å². The maximum atomic E-state index is 6.13. The van der Waals surface area contributed by atoms with Gasteiger partial charge in [-0.25, -0.2) is 4.98 Å². The van der Waals surface area contributed by atoms with Crippen LogP contribution in [0.2, 0.25) is 5.15 Å². The maximum Gasteiger partial charge on any atom is 0.226 e. The quantitative estimate of drug-likeness (QED) is 0.791. The second-order valence-corrected chi connectivity index (χ2v) is 5.46. The van der Waals surface area contributed by atoms with E-state index in [1.165, 1.54) is 24.0 Å². The molecule has 0 saturated carbocycles. The lowest BCUT2D eigenvalue weighted by Crippen LogP contribution is -2.00. The van der Waals surface area contributed by atoms with E-state index in [1.807, 2.05) is 19.9 Å². The third-order valence-corrected chi connectivity index (χ3v) is 4.06. The molecule has 0 aliphatic heterocycles. The Hall–Kier alpha value is -1.61. The minimum Gasteiger partial charge on any atom is -0.439 e. The lowest BCUT2D eigenvalue weighted by Gasteiger charge is -2.11. The Bertz CT molecular complexity index is 655. The van der Waals surface area contributed by atoms with Crippen LogP contribution in [0.15, 0.2) is 18.2 Å². The average Bonchev–Trinajstić information content (AvgIpc) is 2.91. The Balaban J connectivity index is 1.93. The van der Waals surface area contributed by atoms with Crippen molar-refractivity contribution < 1.29 is 4.74 Å². The summed E-state index contributed by atoms with van der Waals surface area (Å²) in [7, 11) is 0. The van der Waals surface area contributed by atoms with Gasteiger partial charge in [0.05, 0.1) is 0 Å². The molecule has 0 bridgehead atoms. The zero-order chi connectivity index (χ0) is 14.1. The van der Waals surface area contributed by atoms with Gasteiger partial charge in [-0.05, 0) is 49.4 Å². The van der Waals surface area contributed by atoms with E-state index >= 15 is 0 Å². The monoisotopic (exact) mass is 288 g/mol. The molecule has 1 aromatic carbocycles. The van der Waals surface area contributed by atoms with Crippen molar-refractivity contribution in [3.8, 4) is 11.6 Å². The molecule has 0 atom stereocenters. The molecular formula is C16H17ClN2O. The number of aromatic nitrogens is 2. The smallest absolute Gasteiger partial charge is 0.226 e. The summed E-state index contributed by atoms with van der Waals surface area (Å²) in [5.41, 5.74) is 3.60. The molecule has 1 aromatic heterocycles. The van der Waals surface area contributed by atoms with Crippen molar-refractivity contribution in [2.24, 2.45) is 0 Å². The zero-order valence-corrected chi connectivity index (χ0v) is 12.5. The number of benzene rings is 1. The van der Waals surface area contributed by atoms with Crippen LogP contribution in [0.3, 0.4) is 0 Å². The Kier molecular flexibility index (Phi) is 3.62. The first-order chi connectivity index (χ1) is 9.67. The maximum absolute atomic E-state index is 6.13. The second-order valence-electron chi connectivity index (χ2n) is 5.10. The van der Waals surface area contributed by atoms with Crippen LogP contribution in [0.4, 0.5) is 0 Å². The molecular weight excluding hydrogens is 272 g/mol. The fourth-order valence-electron chi connectivity index (χ4n) is 2.49. The fourth-order valence-corrected chi connectivity index (χ4v) is 2.67. The number of hydrogen-bond donors (Lipinski definition) is 0. The summed E-state index contributed by atoms with van der Waals surface area (Å²) in [5, 5.41) is 0.466. The van der Waals surface area contributed by atoms with E-state index in [-0.39, 0.29) is 0 Å². The van der Waals surface area contributed by atoms with Crippen molar-refractivity contribution in [1.82, 2.24) is 9.97 Å². The van der Waals surface area contributed by atoms with Crippen molar-refractivity contribution in [3.63, 3.8) is 0 Å². The first kappa shape index (κ1) is 13.4. The minimum absolute atomic E-state index is 0.466. The van der Waals surface area contributed by atoms with Crippen LogP contribution >= 0.6 is 11.6 Å². The molecule has 0 spiro atoms. The summed E-state index contributed by atoms with van der Waals surface area (Å²) < 4.78 is 5.92. The average molecular weight is 289 g/mol. The van der Waals surface area contributed by atoms with Crippen molar-refractivity contribution in [1.29, 1.82) is 0 Å². The van der Waals surface area contributed by atoms with Crippen LogP contribution in [0.1, 0.15) is 35.9 Å². The van der Waals surface area contributed by atoms with Gasteiger partial charge >= 0.3 is 0 Å². The number of ether oxygens (including phenoxy) is 1. The first-order valence-electron chi connectivity index (χ1n) is 7.00. The topological polar surface area (TPSA) is 35.0 Å². The van der Waals surface area contributed by atoms with Crippen molar-refractivity contribution >= 4 is 11.6 Å². The van der Waals surface area contributed by atoms with Crippen LogP contribution < -0.4 is 4.74 Å². The molecule has 0 unspecified atom stereocenters. The Morgan fingerprint density at radius 3 is 2.80 bits per heavy atom. The first-order valence-corrected chi connectivity index (χ1v) is 7.38. The van der Waals surface area contributed by atoms with Gasteiger partial charge < -0.3 is 4.74 Å². The van der Waals surface area contributed by atoms with Gasteiger partial charge in [0.1, 0.15) is 16.7 Å². The van der Waals surface area contributed by atoms with Gasteiger partial charge in [0.15, 0.2) is 0 Å². The zero-order valence-electron chi connectivity index (χ0n) is 11.7. The lowest BCUT2D eigenvalue weighted by atomic mass is 10.1. The van der Waals surface area contributed by atoms with Gasteiger partial charge in [-0.1, -0.05) is 24.6 Å². The summed E-state index contributed by atoms with van der Waals surface area (Å²) in [4.78, 5) is 8.65. The van der Waals surface area contributed by atoms with E-state index in [9.17, 15) is 0 Å². The number of aryl methyl sites for hydroxylation is 3. The number of rotatable bonds is 3. The Labute approximate surface area is 124 Å². The molecule has 3 nitrogen and oxygen atoms in total. The molecule has 4 heteroatoms. The highest BCUT2D eigenvalue weighted by atomic mass is 35.5. The van der Waals surface area contributed by atoms with Crippen molar-refractivity contribution in [2.75, 3.05) is 0 Å². The SMILES string of the molecule is CCc1nc(Cl)c(C)c(Oc2ccc3c(c2)CCC3)n1. The van der Waals surface area contributed by atoms with Crippen LogP contribution in [-0.4, -0.2) is 9.97 Å². The fraction of sp³-hybridized carbons (Fsp3) is 0.375. The van der Waals surface area contributed by atoms with Gasteiger partial charge in [-0.3, -0.25) is 0 Å². The van der Waals surface area contributed by atoms with Gasteiger partial charge in [0.25, 0.3) is 0 Å². The third-order valence-electron chi connectivity index (χ3n) is 3.69. The van der Waals surface area contributed by atoms with Crippen LogP contribution in [0.5, 0.6) is 11.6 Å². The van der Waals surface area contributed by atoms with E-state index in [2.05, 4.69) is 22.1 Å². The Morgan fingerprint density at radius 1 is 1.20 bits per heavy atom.